The lowest BCUT2D eigenvalue weighted by Crippen LogP contribution is -2.22. The third-order valence-electron chi connectivity index (χ3n) is 3.73. The first-order valence-electron chi connectivity index (χ1n) is 8.15. The fraction of sp³-hybridized carbons (Fsp3) is 0.200. The molecular formula is C20H17ClN2O5. The number of aliphatic hydroxyl groups excluding tert-OH is 1. The van der Waals surface area contributed by atoms with Gasteiger partial charge in [-0.2, -0.15) is 5.26 Å². The van der Waals surface area contributed by atoms with Crippen LogP contribution in [0.15, 0.2) is 48.0 Å². The first kappa shape index (κ1) is 20.9. The summed E-state index contributed by atoms with van der Waals surface area (Å²) in [6.45, 7) is 4.74. The average molecular weight is 401 g/mol. The van der Waals surface area contributed by atoms with Gasteiger partial charge in [-0.05, 0) is 36.4 Å². The van der Waals surface area contributed by atoms with Crippen LogP contribution in [0.1, 0.15) is 26.3 Å². The summed E-state index contributed by atoms with van der Waals surface area (Å²) in [6, 6.07) is 11.8. The molecule has 2 aromatic carbocycles. The van der Waals surface area contributed by atoms with E-state index in [9.17, 15) is 25.3 Å². The molecule has 0 aliphatic rings. The van der Waals surface area contributed by atoms with E-state index in [-0.39, 0.29) is 11.3 Å². The van der Waals surface area contributed by atoms with Crippen molar-refractivity contribution in [3.05, 3.63) is 68.7 Å². The second-order valence-corrected chi connectivity index (χ2v) is 7.34. The molecule has 0 aliphatic heterocycles. The van der Waals surface area contributed by atoms with Crippen LogP contribution < -0.4 is 4.74 Å². The van der Waals surface area contributed by atoms with E-state index in [0.29, 0.717) is 10.8 Å². The van der Waals surface area contributed by atoms with Crippen LogP contribution in [0.3, 0.4) is 0 Å². The first-order valence-corrected chi connectivity index (χ1v) is 8.52. The van der Waals surface area contributed by atoms with Crippen molar-refractivity contribution in [2.75, 3.05) is 0 Å². The van der Waals surface area contributed by atoms with Crippen LogP contribution in [0.25, 0.3) is 5.76 Å². The van der Waals surface area contributed by atoms with Crippen LogP contribution in [0.5, 0.6) is 11.5 Å². The van der Waals surface area contributed by atoms with Gasteiger partial charge in [-0.25, -0.2) is 0 Å². The van der Waals surface area contributed by atoms with E-state index < -0.39 is 33.1 Å². The number of allylic oxidation sites excluding steroid dienone is 1. The zero-order valence-corrected chi connectivity index (χ0v) is 16.1. The quantitative estimate of drug-likeness (QED) is 0.235. The van der Waals surface area contributed by atoms with Crippen LogP contribution in [-0.4, -0.2) is 15.8 Å². The van der Waals surface area contributed by atoms with Crippen molar-refractivity contribution in [2.45, 2.75) is 20.8 Å². The molecule has 8 heteroatoms. The number of hydrogen-bond acceptors (Lipinski definition) is 6. The zero-order chi connectivity index (χ0) is 21.1. The molecule has 1 N–H and O–H groups in total. The van der Waals surface area contributed by atoms with E-state index in [2.05, 4.69) is 0 Å². The maximum atomic E-state index is 12.4. The van der Waals surface area contributed by atoms with Gasteiger partial charge in [0.05, 0.1) is 16.6 Å². The standard InChI is InChI=1S/C20H17ClN2O5/c1-20(2,3)19(25)16(11-22)18(24)15-9-8-14(10-17(15)23(26)27)28-13-6-4-12(21)5-7-13/h4-10,24H,1-3H3. The Hall–Kier alpha value is -3.37. The van der Waals surface area contributed by atoms with Gasteiger partial charge in [0.2, 0.25) is 0 Å². The Labute approximate surface area is 166 Å². The van der Waals surface area contributed by atoms with Crippen molar-refractivity contribution in [2.24, 2.45) is 5.41 Å². The predicted molar refractivity (Wildman–Crippen MR) is 104 cm³/mol. The number of Topliss-reactive ketones (excluding diaryl/α,β-unsaturated/α-hetero) is 1. The number of ketones is 1. The lowest BCUT2D eigenvalue weighted by molar-refractivity contribution is -0.385. The topological polar surface area (TPSA) is 113 Å². The maximum Gasteiger partial charge on any atom is 0.284 e. The Balaban J connectivity index is 2.52. The second-order valence-electron chi connectivity index (χ2n) is 6.91. The zero-order valence-electron chi connectivity index (χ0n) is 15.4. The van der Waals surface area contributed by atoms with Gasteiger partial charge in [-0.3, -0.25) is 14.9 Å². The molecule has 0 amide bonds. The summed E-state index contributed by atoms with van der Waals surface area (Å²) in [4.78, 5) is 23.1. The summed E-state index contributed by atoms with van der Waals surface area (Å²) in [7, 11) is 0. The average Bonchev–Trinajstić information content (AvgIpc) is 2.63. The highest BCUT2D eigenvalue weighted by atomic mass is 35.5. The molecule has 144 valence electrons. The number of nitriles is 1. The summed E-state index contributed by atoms with van der Waals surface area (Å²) < 4.78 is 5.55. The van der Waals surface area contributed by atoms with Crippen molar-refractivity contribution in [3.8, 4) is 17.6 Å². The van der Waals surface area contributed by atoms with Gasteiger partial charge in [0, 0.05) is 10.4 Å². The van der Waals surface area contributed by atoms with Crippen LogP contribution in [0, 0.1) is 26.9 Å². The molecule has 0 bridgehead atoms. The molecule has 0 spiro atoms. The lowest BCUT2D eigenvalue weighted by Gasteiger charge is -2.16. The van der Waals surface area contributed by atoms with Gasteiger partial charge in [0.15, 0.2) is 11.5 Å². The number of nitrogens with zero attached hydrogens (tertiary/aromatic N) is 2. The van der Waals surface area contributed by atoms with Crippen LogP contribution in [0.4, 0.5) is 5.69 Å². The molecule has 0 atom stereocenters. The molecule has 2 rings (SSSR count). The Morgan fingerprint density at radius 1 is 1.18 bits per heavy atom. The normalized spacial score (nSPS) is 12.0. The lowest BCUT2D eigenvalue weighted by atomic mass is 9.85. The monoisotopic (exact) mass is 400 g/mol. The number of rotatable bonds is 5. The Bertz CT molecular complexity index is 999. The molecule has 7 nitrogen and oxygen atoms in total. The number of hydrogen-bond donors (Lipinski definition) is 1. The fourth-order valence-electron chi connectivity index (χ4n) is 2.29. The van der Waals surface area contributed by atoms with Gasteiger partial charge in [-0.1, -0.05) is 32.4 Å². The van der Waals surface area contributed by atoms with Gasteiger partial charge in [0.1, 0.15) is 23.1 Å². The largest absolute Gasteiger partial charge is 0.506 e. The smallest absolute Gasteiger partial charge is 0.284 e. The van der Waals surface area contributed by atoms with Crippen molar-refractivity contribution in [1.29, 1.82) is 5.26 Å². The van der Waals surface area contributed by atoms with E-state index in [1.54, 1.807) is 51.1 Å². The maximum absolute atomic E-state index is 12.4. The molecule has 28 heavy (non-hydrogen) atoms. The molecule has 0 saturated heterocycles. The highest BCUT2D eigenvalue weighted by Gasteiger charge is 2.30. The molecular weight excluding hydrogens is 384 g/mol. The number of aliphatic hydroxyl groups is 1. The highest BCUT2D eigenvalue weighted by molar-refractivity contribution is 6.30. The van der Waals surface area contributed by atoms with Gasteiger partial charge < -0.3 is 9.84 Å². The second kappa shape index (κ2) is 8.11. The molecule has 2 aromatic rings. The molecule has 0 aliphatic carbocycles. The minimum atomic E-state index is -0.939. The van der Waals surface area contributed by atoms with E-state index in [1.165, 1.54) is 12.1 Å². The van der Waals surface area contributed by atoms with Crippen LogP contribution in [0.2, 0.25) is 5.02 Å². The number of carbonyl (C=O) groups is 1. The Morgan fingerprint density at radius 2 is 1.75 bits per heavy atom. The summed E-state index contributed by atoms with van der Waals surface area (Å²) in [5, 5.41) is 31.7. The molecule has 0 heterocycles. The van der Waals surface area contributed by atoms with Crippen molar-refractivity contribution in [1.82, 2.24) is 0 Å². The number of ether oxygens (including phenoxy) is 1. The number of carbonyl (C=O) groups excluding carboxylic acids is 1. The third kappa shape index (κ3) is 4.67. The number of halogens is 1. The Morgan fingerprint density at radius 3 is 2.25 bits per heavy atom. The first-order chi connectivity index (χ1) is 13.0. The number of benzene rings is 2. The number of nitro groups is 1. The minimum Gasteiger partial charge on any atom is -0.506 e. The highest BCUT2D eigenvalue weighted by Crippen LogP contribution is 2.34. The van der Waals surface area contributed by atoms with E-state index in [0.717, 1.165) is 6.07 Å². The molecule has 0 radical (unpaired) electrons. The summed E-state index contributed by atoms with van der Waals surface area (Å²) in [5.41, 5.74) is -2.23. The summed E-state index contributed by atoms with van der Waals surface area (Å²) in [6.07, 6.45) is 0. The minimum absolute atomic E-state index is 0.145. The van der Waals surface area contributed by atoms with Gasteiger partial charge in [-0.15, -0.1) is 0 Å². The fourth-order valence-corrected chi connectivity index (χ4v) is 2.41. The third-order valence-corrected chi connectivity index (χ3v) is 3.98. The van der Waals surface area contributed by atoms with Crippen LogP contribution >= 0.6 is 11.6 Å². The van der Waals surface area contributed by atoms with Gasteiger partial charge >= 0.3 is 0 Å². The van der Waals surface area contributed by atoms with E-state index in [4.69, 9.17) is 16.3 Å². The van der Waals surface area contributed by atoms with Gasteiger partial charge in [0.25, 0.3) is 5.69 Å². The predicted octanol–water partition coefficient (Wildman–Crippen LogP) is 5.45. The van der Waals surface area contributed by atoms with Crippen LogP contribution in [-0.2, 0) is 4.79 Å². The molecule has 0 aromatic heterocycles. The van der Waals surface area contributed by atoms with Crippen molar-refractivity contribution >= 4 is 28.8 Å². The van der Waals surface area contributed by atoms with Crippen molar-refractivity contribution in [3.63, 3.8) is 0 Å². The van der Waals surface area contributed by atoms with Crippen molar-refractivity contribution < 1.29 is 19.6 Å². The molecule has 0 saturated carbocycles. The SMILES string of the molecule is CC(C)(C)C(=O)C(C#N)=C(O)c1ccc(Oc2ccc(Cl)cc2)cc1[N+](=O)[O-]. The summed E-state index contributed by atoms with van der Waals surface area (Å²) in [5.74, 6) is -0.812. The Kier molecular flexibility index (Phi) is 6.06. The number of nitro benzene ring substituents is 1. The summed E-state index contributed by atoms with van der Waals surface area (Å²) >= 11 is 5.81. The molecule has 0 unspecified atom stereocenters. The molecule has 0 fully saturated rings. The van der Waals surface area contributed by atoms with E-state index >= 15 is 0 Å². The van der Waals surface area contributed by atoms with E-state index in [1.807, 2.05) is 0 Å².